The molecule has 0 spiro atoms. The SMILES string of the molecule is C#CCC(C)NC(=O)C1NCCc2ccccc21. The Morgan fingerprint density at radius 3 is 3.17 bits per heavy atom. The Morgan fingerprint density at radius 1 is 1.61 bits per heavy atom. The Balaban J connectivity index is 2.11. The fourth-order valence-electron chi connectivity index (χ4n) is 2.29. The Hall–Kier alpha value is -1.79. The lowest BCUT2D eigenvalue weighted by Crippen LogP contribution is -2.44. The van der Waals surface area contributed by atoms with Gasteiger partial charge >= 0.3 is 0 Å². The number of rotatable bonds is 3. The predicted octanol–water partition coefficient (Wildman–Crippen LogP) is 1.40. The summed E-state index contributed by atoms with van der Waals surface area (Å²) in [5.41, 5.74) is 2.33. The molecule has 3 nitrogen and oxygen atoms in total. The fraction of sp³-hybridized carbons (Fsp3) is 0.400. The van der Waals surface area contributed by atoms with Crippen molar-refractivity contribution in [1.29, 1.82) is 0 Å². The molecule has 2 N–H and O–H groups in total. The van der Waals surface area contributed by atoms with Gasteiger partial charge in [0.2, 0.25) is 5.91 Å². The Kier molecular flexibility index (Phi) is 4.01. The van der Waals surface area contributed by atoms with Gasteiger partial charge in [0.1, 0.15) is 6.04 Å². The second-order valence-electron chi connectivity index (χ2n) is 4.65. The first-order valence-electron chi connectivity index (χ1n) is 6.27. The molecule has 1 amide bonds. The van der Waals surface area contributed by atoms with Gasteiger partial charge in [-0.2, -0.15) is 0 Å². The minimum atomic E-state index is -0.254. The summed E-state index contributed by atoms with van der Waals surface area (Å²) in [6.07, 6.45) is 6.77. The van der Waals surface area contributed by atoms with Crippen LogP contribution in [0, 0.1) is 12.3 Å². The highest BCUT2D eigenvalue weighted by molar-refractivity contribution is 5.84. The number of hydrogen-bond donors (Lipinski definition) is 2. The number of hydrogen-bond acceptors (Lipinski definition) is 2. The van der Waals surface area contributed by atoms with Crippen LogP contribution < -0.4 is 10.6 Å². The highest BCUT2D eigenvalue weighted by atomic mass is 16.2. The van der Waals surface area contributed by atoms with Crippen molar-refractivity contribution in [2.45, 2.75) is 31.8 Å². The van der Waals surface area contributed by atoms with Crippen LogP contribution in [0.4, 0.5) is 0 Å². The van der Waals surface area contributed by atoms with Gasteiger partial charge in [0.05, 0.1) is 0 Å². The van der Waals surface area contributed by atoms with E-state index in [-0.39, 0.29) is 18.0 Å². The Labute approximate surface area is 108 Å². The van der Waals surface area contributed by atoms with E-state index in [2.05, 4.69) is 22.6 Å². The minimum Gasteiger partial charge on any atom is -0.351 e. The molecule has 94 valence electrons. The van der Waals surface area contributed by atoms with Crippen molar-refractivity contribution in [1.82, 2.24) is 10.6 Å². The largest absolute Gasteiger partial charge is 0.351 e. The summed E-state index contributed by atoms with van der Waals surface area (Å²) < 4.78 is 0. The summed E-state index contributed by atoms with van der Waals surface area (Å²) in [7, 11) is 0. The lowest BCUT2D eigenvalue weighted by atomic mass is 9.94. The van der Waals surface area contributed by atoms with E-state index in [0.29, 0.717) is 6.42 Å². The molecule has 1 aliphatic rings. The van der Waals surface area contributed by atoms with E-state index in [1.807, 2.05) is 25.1 Å². The molecule has 0 radical (unpaired) electrons. The molecule has 0 saturated carbocycles. The smallest absolute Gasteiger partial charge is 0.241 e. The van der Waals surface area contributed by atoms with Crippen molar-refractivity contribution in [3.05, 3.63) is 35.4 Å². The molecule has 2 rings (SSSR count). The fourth-order valence-corrected chi connectivity index (χ4v) is 2.29. The number of benzene rings is 1. The van der Waals surface area contributed by atoms with E-state index < -0.39 is 0 Å². The minimum absolute atomic E-state index is 0.00454. The Bertz CT molecular complexity index is 476. The zero-order valence-electron chi connectivity index (χ0n) is 10.6. The highest BCUT2D eigenvalue weighted by Crippen LogP contribution is 2.22. The highest BCUT2D eigenvalue weighted by Gasteiger charge is 2.26. The molecule has 0 saturated heterocycles. The van der Waals surface area contributed by atoms with Gasteiger partial charge in [-0.25, -0.2) is 0 Å². The predicted molar refractivity (Wildman–Crippen MR) is 71.9 cm³/mol. The average molecular weight is 242 g/mol. The van der Waals surface area contributed by atoms with E-state index in [1.165, 1.54) is 5.56 Å². The van der Waals surface area contributed by atoms with E-state index in [0.717, 1.165) is 18.5 Å². The van der Waals surface area contributed by atoms with Crippen molar-refractivity contribution in [2.75, 3.05) is 6.54 Å². The number of amides is 1. The molecule has 1 heterocycles. The molecular weight excluding hydrogens is 224 g/mol. The number of carbonyl (C=O) groups excluding carboxylic acids is 1. The van der Waals surface area contributed by atoms with Gasteiger partial charge in [-0.15, -0.1) is 12.3 Å². The van der Waals surface area contributed by atoms with Gasteiger partial charge in [0.25, 0.3) is 0 Å². The second-order valence-corrected chi connectivity index (χ2v) is 4.65. The van der Waals surface area contributed by atoms with Crippen LogP contribution in [0.2, 0.25) is 0 Å². The summed E-state index contributed by atoms with van der Waals surface area (Å²) in [6.45, 7) is 2.76. The van der Waals surface area contributed by atoms with E-state index >= 15 is 0 Å². The van der Waals surface area contributed by atoms with Crippen LogP contribution in [0.3, 0.4) is 0 Å². The zero-order valence-corrected chi connectivity index (χ0v) is 10.6. The third-order valence-corrected chi connectivity index (χ3v) is 3.18. The van der Waals surface area contributed by atoms with Gasteiger partial charge in [-0.3, -0.25) is 4.79 Å². The maximum absolute atomic E-state index is 12.2. The third-order valence-electron chi connectivity index (χ3n) is 3.18. The van der Waals surface area contributed by atoms with Crippen LogP contribution >= 0.6 is 0 Å². The molecule has 0 aromatic heterocycles. The van der Waals surface area contributed by atoms with Crippen LogP contribution in [-0.4, -0.2) is 18.5 Å². The molecule has 1 aromatic rings. The molecule has 18 heavy (non-hydrogen) atoms. The topological polar surface area (TPSA) is 41.1 Å². The first kappa shape index (κ1) is 12.7. The molecule has 3 heteroatoms. The maximum atomic E-state index is 12.2. The van der Waals surface area contributed by atoms with E-state index in [1.54, 1.807) is 0 Å². The zero-order chi connectivity index (χ0) is 13.0. The van der Waals surface area contributed by atoms with Crippen molar-refractivity contribution in [3.63, 3.8) is 0 Å². The number of terminal acetylenes is 1. The van der Waals surface area contributed by atoms with Gasteiger partial charge < -0.3 is 10.6 Å². The maximum Gasteiger partial charge on any atom is 0.241 e. The first-order chi connectivity index (χ1) is 8.72. The molecule has 0 aliphatic carbocycles. The van der Waals surface area contributed by atoms with Crippen molar-refractivity contribution >= 4 is 5.91 Å². The molecular formula is C15H18N2O. The van der Waals surface area contributed by atoms with Crippen LogP contribution in [-0.2, 0) is 11.2 Å². The molecule has 1 aliphatic heterocycles. The summed E-state index contributed by atoms with van der Waals surface area (Å²) in [5.74, 6) is 2.56. The monoisotopic (exact) mass is 242 g/mol. The van der Waals surface area contributed by atoms with Gasteiger partial charge in [-0.05, 0) is 24.5 Å². The molecule has 0 bridgehead atoms. The van der Waals surface area contributed by atoms with Crippen molar-refractivity contribution in [3.8, 4) is 12.3 Å². The second kappa shape index (κ2) is 5.70. The quantitative estimate of drug-likeness (QED) is 0.787. The summed E-state index contributed by atoms with van der Waals surface area (Å²) >= 11 is 0. The standard InChI is InChI=1S/C15H18N2O/c1-3-6-11(2)17-15(18)14-13-8-5-4-7-12(13)9-10-16-14/h1,4-5,7-8,11,14,16H,6,9-10H2,2H3,(H,17,18). The van der Waals surface area contributed by atoms with Crippen molar-refractivity contribution in [2.24, 2.45) is 0 Å². The number of carbonyl (C=O) groups is 1. The summed E-state index contributed by atoms with van der Waals surface area (Å²) in [6, 6.07) is 7.84. The van der Waals surface area contributed by atoms with Crippen LogP contribution in [0.15, 0.2) is 24.3 Å². The average Bonchev–Trinajstić information content (AvgIpc) is 2.38. The normalized spacial score (nSPS) is 19.4. The van der Waals surface area contributed by atoms with Gasteiger partial charge in [0, 0.05) is 19.0 Å². The van der Waals surface area contributed by atoms with E-state index in [4.69, 9.17) is 6.42 Å². The lowest BCUT2D eigenvalue weighted by molar-refractivity contribution is -0.124. The van der Waals surface area contributed by atoms with Crippen LogP contribution in [0.5, 0.6) is 0 Å². The first-order valence-corrected chi connectivity index (χ1v) is 6.27. The number of nitrogens with one attached hydrogen (secondary N) is 2. The molecule has 0 fully saturated rings. The van der Waals surface area contributed by atoms with E-state index in [9.17, 15) is 4.79 Å². The van der Waals surface area contributed by atoms with Crippen LogP contribution in [0.25, 0.3) is 0 Å². The summed E-state index contributed by atoms with van der Waals surface area (Å²) in [4.78, 5) is 12.2. The molecule has 1 aromatic carbocycles. The lowest BCUT2D eigenvalue weighted by Gasteiger charge is -2.27. The number of fused-ring (bicyclic) bond motifs is 1. The van der Waals surface area contributed by atoms with Crippen LogP contribution in [0.1, 0.15) is 30.5 Å². The van der Waals surface area contributed by atoms with Gasteiger partial charge in [-0.1, -0.05) is 24.3 Å². The molecule has 2 atom stereocenters. The third kappa shape index (κ3) is 2.72. The molecule has 2 unspecified atom stereocenters. The van der Waals surface area contributed by atoms with Gasteiger partial charge in [0.15, 0.2) is 0 Å². The van der Waals surface area contributed by atoms with Crippen molar-refractivity contribution < 1.29 is 4.79 Å². The summed E-state index contributed by atoms with van der Waals surface area (Å²) in [5, 5.41) is 6.21. The Morgan fingerprint density at radius 2 is 2.39 bits per heavy atom.